The smallest absolute Gasteiger partial charge is 0.244 e. The lowest BCUT2D eigenvalue weighted by atomic mass is 10.2. The van der Waals surface area contributed by atoms with Gasteiger partial charge < -0.3 is 9.64 Å². The van der Waals surface area contributed by atoms with E-state index in [-0.39, 0.29) is 4.90 Å². The number of rotatable bonds is 10. The molecule has 0 spiro atoms. The molecule has 9 heteroatoms. The molecule has 0 saturated carbocycles. The van der Waals surface area contributed by atoms with Gasteiger partial charge in [-0.05, 0) is 65.2 Å². The first-order chi connectivity index (χ1) is 15.2. The number of nitrogens with zero attached hydrogens (tertiary/aromatic N) is 3. The molecule has 1 amide bonds. The number of hydrogen-bond acceptors (Lipinski definition) is 7. The van der Waals surface area contributed by atoms with Gasteiger partial charge in [0.1, 0.15) is 17.0 Å². The van der Waals surface area contributed by atoms with Gasteiger partial charge in [-0.3, -0.25) is 9.69 Å². The van der Waals surface area contributed by atoms with E-state index in [1.165, 1.54) is 16.2 Å². The van der Waals surface area contributed by atoms with Gasteiger partial charge in [0.05, 0.1) is 16.2 Å². The molecule has 3 rings (SSSR count). The van der Waals surface area contributed by atoms with Gasteiger partial charge in [0.15, 0.2) is 15.0 Å². The standard InChI is InChI=1S/C23H29N3O4S2/c1-5-30-19-8-6-9-20-22(19)24-23(31-20)26(15-7-14-25(3)4)21(27)16-32(28,29)18-12-10-17(2)11-13-18/h6,8-13H,5,7,14-16H2,1-4H3. The molecule has 2 aromatic carbocycles. The van der Waals surface area contributed by atoms with Crippen LogP contribution in [-0.4, -0.2) is 63.8 Å². The summed E-state index contributed by atoms with van der Waals surface area (Å²) >= 11 is 1.36. The Hall–Kier alpha value is -2.49. The van der Waals surface area contributed by atoms with Crippen LogP contribution in [-0.2, 0) is 14.6 Å². The number of sulfone groups is 1. The third-order valence-electron chi connectivity index (χ3n) is 4.88. The molecular formula is C23H29N3O4S2. The number of ether oxygens (including phenoxy) is 1. The first-order valence-electron chi connectivity index (χ1n) is 10.5. The number of anilines is 1. The third-order valence-corrected chi connectivity index (χ3v) is 7.54. The van der Waals surface area contributed by atoms with Crippen molar-refractivity contribution < 1.29 is 17.9 Å². The van der Waals surface area contributed by atoms with Crippen LogP contribution in [0, 0.1) is 6.92 Å². The number of aromatic nitrogens is 1. The maximum absolute atomic E-state index is 13.2. The van der Waals surface area contributed by atoms with E-state index in [0.29, 0.717) is 36.0 Å². The van der Waals surface area contributed by atoms with E-state index in [4.69, 9.17) is 4.74 Å². The van der Waals surface area contributed by atoms with E-state index >= 15 is 0 Å². The Morgan fingerprint density at radius 1 is 1.09 bits per heavy atom. The summed E-state index contributed by atoms with van der Waals surface area (Å²) in [6.07, 6.45) is 0.692. The van der Waals surface area contributed by atoms with E-state index < -0.39 is 21.5 Å². The van der Waals surface area contributed by atoms with Crippen molar-refractivity contribution in [1.29, 1.82) is 0 Å². The molecule has 0 radical (unpaired) electrons. The number of fused-ring (bicyclic) bond motifs is 1. The van der Waals surface area contributed by atoms with Gasteiger partial charge >= 0.3 is 0 Å². The molecule has 3 aromatic rings. The summed E-state index contributed by atoms with van der Waals surface area (Å²) in [6.45, 7) is 5.44. The van der Waals surface area contributed by atoms with Crippen LogP contribution in [0.3, 0.4) is 0 Å². The largest absolute Gasteiger partial charge is 0.492 e. The van der Waals surface area contributed by atoms with Gasteiger partial charge in [-0.1, -0.05) is 35.1 Å². The van der Waals surface area contributed by atoms with Crippen molar-refractivity contribution in [3.05, 3.63) is 48.0 Å². The van der Waals surface area contributed by atoms with Crippen molar-refractivity contribution in [2.75, 3.05) is 44.4 Å². The molecule has 1 heterocycles. The molecule has 7 nitrogen and oxygen atoms in total. The van der Waals surface area contributed by atoms with Gasteiger partial charge in [0.25, 0.3) is 0 Å². The average Bonchev–Trinajstić information content (AvgIpc) is 3.16. The summed E-state index contributed by atoms with van der Waals surface area (Å²) < 4.78 is 32.3. The van der Waals surface area contributed by atoms with E-state index in [1.54, 1.807) is 24.3 Å². The Balaban J connectivity index is 1.91. The van der Waals surface area contributed by atoms with Crippen molar-refractivity contribution in [2.45, 2.75) is 25.2 Å². The number of carbonyl (C=O) groups is 1. The molecule has 0 saturated heterocycles. The fourth-order valence-corrected chi connectivity index (χ4v) is 5.47. The topological polar surface area (TPSA) is 79.8 Å². The van der Waals surface area contributed by atoms with Crippen molar-refractivity contribution in [3.8, 4) is 5.75 Å². The minimum absolute atomic E-state index is 0.146. The highest BCUT2D eigenvalue weighted by molar-refractivity contribution is 7.92. The summed E-state index contributed by atoms with van der Waals surface area (Å²) in [7, 11) is 0.150. The first kappa shape index (κ1) is 24.2. The number of carbonyl (C=O) groups excluding carboxylic acids is 1. The van der Waals surface area contributed by atoms with Crippen LogP contribution >= 0.6 is 11.3 Å². The van der Waals surface area contributed by atoms with Crippen molar-refractivity contribution in [1.82, 2.24) is 9.88 Å². The fraction of sp³-hybridized carbons (Fsp3) is 0.391. The van der Waals surface area contributed by atoms with Crippen LogP contribution in [0.2, 0.25) is 0 Å². The summed E-state index contributed by atoms with van der Waals surface area (Å²) in [5.74, 6) is -0.437. The normalized spacial score (nSPS) is 11.8. The zero-order chi connectivity index (χ0) is 23.3. The summed E-state index contributed by atoms with van der Waals surface area (Å²) in [5, 5.41) is 0.481. The predicted octanol–water partition coefficient (Wildman–Crippen LogP) is 3.76. The van der Waals surface area contributed by atoms with E-state index in [1.807, 2.05) is 51.0 Å². The maximum atomic E-state index is 13.2. The Morgan fingerprint density at radius 2 is 1.81 bits per heavy atom. The minimum atomic E-state index is -3.77. The van der Waals surface area contributed by atoms with Gasteiger partial charge in [-0.25, -0.2) is 13.4 Å². The van der Waals surface area contributed by atoms with Crippen molar-refractivity contribution in [2.24, 2.45) is 0 Å². The van der Waals surface area contributed by atoms with E-state index in [0.717, 1.165) is 16.8 Å². The lowest BCUT2D eigenvalue weighted by Gasteiger charge is -2.21. The van der Waals surface area contributed by atoms with Gasteiger partial charge in [-0.2, -0.15) is 0 Å². The highest BCUT2D eigenvalue weighted by atomic mass is 32.2. The van der Waals surface area contributed by atoms with Crippen LogP contribution < -0.4 is 9.64 Å². The lowest BCUT2D eigenvalue weighted by Crippen LogP contribution is -2.37. The first-order valence-corrected chi connectivity index (χ1v) is 12.9. The molecule has 0 atom stereocenters. The van der Waals surface area contributed by atoms with Gasteiger partial charge in [0, 0.05) is 6.54 Å². The predicted molar refractivity (Wildman–Crippen MR) is 130 cm³/mol. The van der Waals surface area contributed by atoms with Gasteiger partial charge in [0.2, 0.25) is 5.91 Å². The van der Waals surface area contributed by atoms with E-state index in [2.05, 4.69) is 4.98 Å². The summed E-state index contributed by atoms with van der Waals surface area (Å²) in [5.41, 5.74) is 1.64. The van der Waals surface area contributed by atoms with Crippen LogP contribution in [0.1, 0.15) is 18.9 Å². The van der Waals surface area contributed by atoms with Crippen molar-refractivity contribution >= 4 is 42.4 Å². The number of aryl methyl sites for hydroxylation is 1. The molecule has 0 aliphatic carbocycles. The second-order valence-electron chi connectivity index (χ2n) is 7.81. The third kappa shape index (κ3) is 5.85. The SMILES string of the molecule is CCOc1cccc2sc(N(CCCN(C)C)C(=O)CS(=O)(=O)c3ccc(C)cc3)nc12. The Bertz CT molecular complexity index is 1170. The highest BCUT2D eigenvalue weighted by Gasteiger charge is 2.27. The average molecular weight is 476 g/mol. The number of amides is 1. The number of para-hydroxylation sites is 1. The molecule has 0 bridgehead atoms. The second-order valence-corrected chi connectivity index (χ2v) is 10.8. The zero-order valence-electron chi connectivity index (χ0n) is 18.9. The Labute approximate surface area is 193 Å². The second kappa shape index (κ2) is 10.4. The molecule has 1 aromatic heterocycles. The Kier molecular flexibility index (Phi) is 7.86. The lowest BCUT2D eigenvalue weighted by molar-refractivity contribution is -0.116. The van der Waals surface area contributed by atoms with Crippen LogP contribution in [0.15, 0.2) is 47.4 Å². The molecule has 0 aliphatic heterocycles. The molecule has 0 aliphatic rings. The summed E-state index contributed by atoms with van der Waals surface area (Å²) in [6, 6.07) is 12.2. The quantitative estimate of drug-likeness (QED) is 0.444. The minimum Gasteiger partial charge on any atom is -0.492 e. The highest BCUT2D eigenvalue weighted by Crippen LogP contribution is 2.34. The van der Waals surface area contributed by atoms with Crippen LogP contribution in [0.4, 0.5) is 5.13 Å². The van der Waals surface area contributed by atoms with Gasteiger partial charge in [-0.15, -0.1) is 0 Å². The van der Waals surface area contributed by atoms with Crippen molar-refractivity contribution in [3.63, 3.8) is 0 Å². The zero-order valence-corrected chi connectivity index (χ0v) is 20.5. The molecule has 0 fully saturated rings. The molecule has 0 unspecified atom stereocenters. The molecule has 32 heavy (non-hydrogen) atoms. The molecule has 172 valence electrons. The van der Waals surface area contributed by atoms with Crippen LogP contribution in [0.5, 0.6) is 5.75 Å². The molecular weight excluding hydrogens is 446 g/mol. The fourth-order valence-electron chi connectivity index (χ4n) is 3.24. The molecule has 0 N–H and O–H groups in total. The van der Waals surface area contributed by atoms with Crippen LogP contribution in [0.25, 0.3) is 10.2 Å². The number of thiazole rings is 1. The number of hydrogen-bond donors (Lipinski definition) is 0. The maximum Gasteiger partial charge on any atom is 0.244 e. The van der Waals surface area contributed by atoms with E-state index in [9.17, 15) is 13.2 Å². The Morgan fingerprint density at radius 3 is 2.47 bits per heavy atom. The number of benzene rings is 2. The summed E-state index contributed by atoms with van der Waals surface area (Å²) in [4.78, 5) is 21.6. The monoisotopic (exact) mass is 475 g/mol.